The molecule has 0 spiro atoms. The summed E-state index contributed by atoms with van der Waals surface area (Å²) in [5.41, 5.74) is 1.95. The van der Waals surface area contributed by atoms with Crippen molar-refractivity contribution < 1.29 is 13.9 Å². The number of hydrogen-bond donors (Lipinski definition) is 1. The van der Waals surface area contributed by atoms with E-state index in [2.05, 4.69) is 17.4 Å². The molecule has 134 valence electrons. The van der Waals surface area contributed by atoms with Gasteiger partial charge in [0.25, 0.3) is 0 Å². The quantitative estimate of drug-likeness (QED) is 0.736. The summed E-state index contributed by atoms with van der Waals surface area (Å²) in [6, 6.07) is 21.0. The van der Waals surface area contributed by atoms with Crippen molar-refractivity contribution in [2.45, 2.75) is 25.4 Å². The minimum atomic E-state index is -0.428. The van der Waals surface area contributed by atoms with Crippen LogP contribution in [0.4, 0.5) is 4.39 Å². The third-order valence-electron chi connectivity index (χ3n) is 4.81. The molecule has 0 bridgehead atoms. The fourth-order valence-electron chi connectivity index (χ4n) is 3.55. The lowest BCUT2D eigenvalue weighted by atomic mass is 10.0. The summed E-state index contributed by atoms with van der Waals surface area (Å²) in [4.78, 5) is 0. The molecule has 0 saturated carbocycles. The van der Waals surface area contributed by atoms with Crippen LogP contribution in [0.1, 0.15) is 30.2 Å². The van der Waals surface area contributed by atoms with Crippen molar-refractivity contribution in [1.82, 2.24) is 5.32 Å². The standard InChI is InChI=1S/C22H22FNO2/c1-15(20-14-18(23)13-17-9-5-6-10-19(17)20)26-22-21(24-11-12-25-22)16-7-3-2-4-8-16/h2-10,13-15,21-22,24H,11-12H2,1H3/t15-,21?,22?/m1/s1. The van der Waals surface area contributed by atoms with Crippen LogP contribution in [0.2, 0.25) is 0 Å². The first-order valence-electron chi connectivity index (χ1n) is 8.96. The van der Waals surface area contributed by atoms with Gasteiger partial charge in [0.05, 0.1) is 18.8 Å². The van der Waals surface area contributed by atoms with Gasteiger partial charge in [0.2, 0.25) is 0 Å². The highest BCUT2D eigenvalue weighted by Crippen LogP contribution is 2.32. The normalized spacial score (nSPS) is 21.6. The van der Waals surface area contributed by atoms with Crippen molar-refractivity contribution in [2.24, 2.45) is 0 Å². The van der Waals surface area contributed by atoms with Crippen LogP contribution in [0.3, 0.4) is 0 Å². The number of hydrogen-bond acceptors (Lipinski definition) is 3. The molecule has 3 atom stereocenters. The Bertz CT molecular complexity index is 884. The van der Waals surface area contributed by atoms with Crippen LogP contribution in [0, 0.1) is 5.82 Å². The van der Waals surface area contributed by atoms with Gasteiger partial charge in [0, 0.05) is 6.54 Å². The van der Waals surface area contributed by atoms with E-state index in [-0.39, 0.29) is 18.0 Å². The van der Waals surface area contributed by atoms with E-state index in [1.165, 1.54) is 0 Å². The Morgan fingerprint density at radius 1 is 1.08 bits per heavy atom. The van der Waals surface area contributed by atoms with Gasteiger partial charge in [-0.15, -0.1) is 0 Å². The van der Waals surface area contributed by atoms with Crippen molar-refractivity contribution >= 4 is 10.8 Å². The second kappa shape index (κ2) is 7.54. The Morgan fingerprint density at radius 2 is 1.85 bits per heavy atom. The summed E-state index contributed by atoms with van der Waals surface area (Å²) >= 11 is 0. The topological polar surface area (TPSA) is 30.5 Å². The number of morpholine rings is 1. The van der Waals surface area contributed by atoms with Crippen LogP contribution in [-0.4, -0.2) is 19.4 Å². The average Bonchev–Trinajstić information content (AvgIpc) is 2.68. The smallest absolute Gasteiger partial charge is 0.177 e. The highest BCUT2D eigenvalue weighted by Gasteiger charge is 2.30. The van der Waals surface area contributed by atoms with Gasteiger partial charge in [-0.3, -0.25) is 0 Å². The molecule has 1 heterocycles. The second-order valence-electron chi connectivity index (χ2n) is 6.58. The molecule has 0 aliphatic carbocycles. The third kappa shape index (κ3) is 3.49. The van der Waals surface area contributed by atoms with E-state index in [0.29, 0.717) is 6.61 Å². The van der Waals surface area contributed by atoms with E-state index in [4.69, 9.17) is 9.47 Å². The SMILES string of the molecule is C[C@@H](OC1OCCNC1c1ccccc1)c1cc(F)cc2ccccc12. The number of fused-ring (bicyclic) bond motifs is 1. The summed E-state index contributed by atoms with van der Waals surface area (Å²) in [6.07, 6.45) is -0.727. The Labute approximate surface area is 152 Å². The van der Waals surface area contributed by atoms with E-state index in [1.54, 1.807) is 12.1 Å². The van der Waals surface area contributed by atoms with Gasteiger partial charge in [0.15, 0.2) is 6.29 Å². The molecule has 3 nitrogen and oxygen atoms in total. The molecule has 3 aromatic carbocycles. The van der Waals surface area contributed by atoms with Gasteiger partial charge < -0.3 is 14.8 Å². The molecule has 26 heavy (non-hydrogen) atoms. The maximum atomic E-state index is 14.1. The lowest BCUT2D eigenvalue weighted by Gasteiger charge is -2.34. The highest BCUT2D eigenvalue weighted by molar-refractivity contribution is 5.86. The molecule has 4 rings (SSSR count). The molecular weight excluding hydrogens is 329 g/mol. The van der Waals surface area contributed by atoms with E-state index in [9.17, 15) is 4.39 Å². The van der Waals surface area contributed by atoms with Crippen LogP contribution in [0.15, 0.2) is 66.7 Å². The first kappa shape index (κ1) is 17.2. The molecule has 1 saturated heterocycles. The first-order valence-corrected chi connectivity index (χ1v) is 8.96. The zero-order valence-corrected chi connectivity index (χ0v) is 14.7. The lowest BCUT2D eigenvalue weighted by molar-refractivity contribution is -0.199. The zero-order valence-electron chi connectivity index (χ0n) is 14.7. The second-order valence-corrected chi connectivity index (χ2v) is 6.58. The van der Waals surface area contributed by atoms with E-state index >= 15 is 0 Å². The van der Waals surface area contributed by atoms with Crippen molar-refractivity contribution in [2.75, 3.05) is 13.2 Å². The Kier molecular flexibility index (Phi) is 4.98. The van der Waals surface area contributed by atoms with Gasteiger partial charge in [-0.1, -0.05) is 54.6 Å². The maximum Gasteiger partial charge on any atom is 0.177 e. The van der Waals surface area contributed by atoms with Crippen LogP contribution in [0.25, 0.3) is 10.8 Å². The van der Waals surface area contributed by atoms with Crippen LogP contribution >= 0.6 is 0 Å². The monoisotopic (exact) mass is 351 g/mol. The molecular formula is C22H22FNO2. The maximum absolute atomic E-state index is 14.1. The molecule has 2 unspecified atom stereocenters. The van der Waals surface area contributed by atoms with Crippen molar-refractivity contribution in [3.63, 3.8) is 0 Å². The molecule has 0 radical (unpaired) electrons. The minimum Gasteiger partial charge on any atom is -0.349 e. The fourth-order valence-corrected chi connectivity index (χ4v) is 3.55. The zero-order chi connectivity index (χ0) is 17.9. The van der Waals surface area contributed by atoms with Crippen LogP contribution in [-0.2, 0) is 9.47 Å². The predicted octanol–water partition coefficient (Wildman–Crippen LogP) is 4.74. The van der Waals surface area contributed by atoms with Gasteiger partial charge >= 0.3 is 0 Å². The number of halogens is 1. The summed E-state index contributed by atoms with van der Waals surface area (Å²) in [7, 11) is 0. The van der Waals surface area contributed by atoms with Crippen molar-refractivity contribution in [1.29, 1.82) is 0 Å². The number of nitrogens with one attached hydrogen (secondary N) is 1. The molecule has 3 aromatic rings. The molecule has 4 heteroatoms. The molecule has 0 aromatic heterocycles. The van der Waals surface area contributed by atoms with Crippen LogP contribution in [0.5, 0.6) is 0 Å². The number of benzene rings is 3. The van der Waals surface area contributed by atoms with Gasteiger partial charge in [-0.05, 0) is 41.0 Å². The van der Waals surface area contributed by atoms with E-state index in [1.807, 2.05) is 49.4 Å². The highest BCUT2D eigenvalue weighted by atomic mass is 19.1. The average molecular weight is 351 g/mol. The number of ether oxygens (including phenoxy) is 2. The van der Waals surface area contributed by atoms with Crippen molar-refractivity contribution in [3.8, 4) is 0 Å². The summed E-state index contributed by atoms with van der Waals surface area (Å²) in [6.45, 7) is 3.31. The van der Waals surface area contributed by atoms with Crippen molar-refractivity contribution in [3.05, 3.63) is 83.7 Å². The molecule has 1 N–H and O–H groups in total. The molecule has 1 fully saturated rings. The van der Waals surface area contributed by atoms with Gasteiger partial charge in [0.1, 0.15) is 5.82 Å². The van der Waals surface area contributed by atoms with Gasteiger partial charge in [-0.2, -0.15) is 0 Å². The van der Waals surface area contributed by atoms with E-state index < -0.39 is 6.29 Å². The summed E-state index contributed by atoms with van der Waals surface area (Å²) in [5, 5.41) is 5.34. The summed E-state index contributed by atoms with van der Waals surface area (Å²) in [5.74, 6) is -0.253. The minimum absolute atomic E-state index is 0.0489. The molecule has 0 amide bonds. The lowest BCUT2D eigenvalue weighted by Crippen LogP contribution is -2.43. The van der Waals surface area contributed by atoms with Gasteiger partial charge in [-0.25, -0.2) is 4.39 Å². The molecule has 1 aliphatic rings. The fraction of sp³-hybridized carbons (Fsp3) is 0.273. The molecule has 1 aliphatic heterocycles. The first-order chi connectivity index (χ1) is 12.7. The number of rotatable bonds is 4. The third-order valence-corrected chi connectivity index (χ3v) is 4.81. The summed E-state index contributed by atoms with van der Waals surface area (Å²) < 4.78 is 26.2. The Hall–Kier alpha value is -2.27. The largest absolute Gasteiger partial charge is 0.349 e. The van der Waals surface area contributed by atoms with E-state index in [0.717, 1.165) is 28.4 Å². The Balaban J connectivity index is 1.62. The Morgan fingerprint density at radius 3 is 2.69 bits per heavy atom. The van der Waals surface area contributed by atoms with Crippen LogP contribution < -0.4 is 5.32 Å². The predicted molar refractivity (Wildman–Crippen MR) is 100 cm³/mol.